The predicted molar refractivity (Wildman–Crippen MR) is 59.2 cm³/mol. The van der Waals surface area contributed by atoms with Crippen molar-refractivity contribution in [1.82, 2.24) is 5.32 Å². The Labute approximate surface area is 86.0 Å². The largest absolute Gasteiger partial charge is 0.396 e. The summed E-state index contributed by atoms with van der Waals surface area (Å²) < 4.78 is 0. The Balaban J connectivity index is 2.34. The van der Waals surface area contributed by atoms with Crippen LogP contribution < -0.4 is 5.32 Å². The third-order valence-electron chi connectivity index (χ3n) is 2.34. The summed E-state index contributed by atoms with van der Waals surface area (Å²) in [4.78, 5) is 0. The van der Waals surface area contributed by atoms with Crippen molar-refractivity contribution in [2.24, 2.45) is 0 Å². The summed E-state index contributed by atoms with van der Waals surface area (Å²) in [5.41, 5.74) is 2.58. The van der Waals surface area contributed by atoms with Crippen LogP contribution in [0.3, 0.4) is 0 Å². The first kappa shape index (κ1) is 11.2. The van der Waals surface area contributed by atoms with Crippen molar-refractivity contribution < 1.29 is 5.11 Å². The smallest absolute Gasteiger partial charge is 0.0445 e. The third kappa shape index (κ3) is 3.90. The highest BCUT2D eigenvalue weighted by molar-refractivity contribution is 5.21. The van der Waals surface area contributed by atoms with Gasteiger partial charge < -0.3 is 10.4 Å². The molecule has 2 N–H and O–H groups in total. The van der Waals surface area contributed by atoms with Crippen LogP contribution in [-0.4, -0.2) is 17.8 Å². The van der Waals surface area contributed by atoms with E-state index in [0.717, 1.165) is 13.0 Å². The SMILES string of the molecule is Cc1ccc(CN[C@H](C)CCO)cc1. The second kappa shape index (κ2) is 5.78. The molecule has 2 heteroatoms. The zero-order chi connectivity index (χ0) is 10.4. The monoisotopic (exact) mass is 193 g/mol. The lowest BCUT2D eigenvalue weighted by molar-refractivity contribution is 0.268. The molecule has 2 nitrogen and oxygen atoms in total. The van der Waals surface area contributed by atoms with Gasteiger partial charge in [-0.05, 0) is 25.8 Å². The Morgan fingerprint density at radius 2 is 1.93 bits per heavy atom. The molecule has 0 aromatic heterocycles. The van der Waals surface area contributed by atoms with Crippen molar-refractivity contribution in [3.8, 4) is 0 Å². The van der Waals surface area contributed by atoms with E-state index in [1.807, 2.05) is 0 Å². The van der Waals surface area contributed by atoms with E-state index in [0.29, 0.717) is 6.04 Å². The van der Waals surface area contributed by atoms with Gasteiger partial charge >= 0.3 is 0 Å². The van der Waals surface area contributed by atoms with Crippen molar-refractivity contribution in [3.05, 3.63) is 35.4 Å². The molecule has 0 heterocycles. The van der Waals surface area contributed by atoms with Gasteiger partial charge in [0, 0.05) is 19.2 Å². The molecular formula is C12H19NO. The van der Waals surface area contributed by atoms with Gasteiger partial charge in [0.25, 0.3) is 0 Å². The van der Waals surface area contributed by atoms with Crippen molar-refractivity contribution in [2.75, 3.05) is 6.61 Å². The van der Waals surface area contributed by atoms with Crippen LogP contribution in [0.1, 0.15) is 24.5 Å². The highest BCUT2D eigenvalue weighted by Gasteiger charge is 1.99. The van der Waals surface area contributed by atoms with Gasteiger partial charge in [-0.25, -0.2) is 0 Å². The lowest BCUT2D eigenvalue weighted by Crippen LogP contribution is -2.26. The maximum absolute atomic E-state index is 8.73. The molecule has 0 saturated heterocycles. The molecule has 0 bridgehead atoms. The standard InChI is InChI=1S/C12H19NO/c1-10-3-5-12(6-4-10)9-13-11(2)7-8-14/h3-6,11,13-14H,7-9H2,1-2H3/t11-/m1/s1. The minimum atomic E-state index is 0.252. The zero-order valence-corrected chi connectivity index (χ0v) is 8.96. The Bertz CT molecular complexity index is 256. The summed E-state index contributed by atoms with van der Waals surface area (Å²) in [6, 6.07) is 8.88. The molecule has 1 aromatic carbocycles. The number of hydrogen-bond donors (Lipinski definition) is 2. The van der Waals surface area contributed by atoms with Crippen LogP contribution in [0.15, 0.2) is 24.3 Å². The van der Waals surface area contributed by atoms with Crippen LogP contribution in [0.25, 0.3) is 0 Å². The number of benzene rings is 1. The molecule has 0 aliphatic rings. The van der Waals surface area contributed by atoms with Crippen molar-refractivity contribution in [3.63, 3.8) is 0 Å². The number of aryl methyl sites for hydroxylation is 1. The minimum absolute atomic E-state index is 0.252. The van der Waals surface area contributed by atoms with E-state index in [1.54, 1.807) is 0 Å². The Hall–Kier alpha value is -0.860. The van der Waals surface area contributed by atoms with Gasteiger partial charge in [-0.15, -0.1) is 0 Å². The molecule has 0 aliphatic carbocycles. The number of aliphatic hydroxyl groups is 1. The first-order valence-corrected chi connectivity index (χ1v) is 5.12. The Kier molecular flexibility index (Phi) is 4.63. The molecule has 0 amide bonds. The van der Waals surface area contributed by atoms with Crippen molar-refractivity contribution in [1.29, 1.82) is 0 Å². The molecule has 1 rings (SSSR count). The summed E-state index contributed by atoms with van der Waals surface area (Å²) in [5, 5.41) is 12.1. The number of rotatable bonds is 5. The molecule has 0 radical (unpaired) electrons. The third-order valence-corrected chi connectivity index (χ3v) is 2.34. The number of aliphatic hydroxyl groups excluding tert-OH is 1. The van der Waals surface area contributed by atoms with Crippen LogP contribution in [0.4, 0.5) is 0 Å². The zero-order valence-electron chi connectivity index (χ0n) is 8.96. The van der Waals surface area contributed by atoms with Gasteiger partial charge in [-0.2, -0.15) is 0 Å². The minimum Gasteiger partial charge on any atom is -0.396 e. The Morgan fingerprint density at radius 3 is 2.50 bits per heavy atom. The van der Waals surface area contributed by atoms with Crippen molar-refractivity contribution >= 4 is 0 Å². The highest BCUT2D eigenvalue weighted by Crippen LogP contribution is 2.03. The van der Waals surface area contributed by atoms with E-state index in [-0.39, 0.29) is 6.61 Å². The average molecular weight is 193 g/mol. The average Bonchev–Trinajstić information content (AvgIpc) is 2.17. The van der Waals surface area contributed by atoms with Gasteiger partial charge in [0.15, 0.2) is 0 Å². The van der Waals surface area contributed by atoms with Gasteiger partial charge in [0.05, 0.1) is 0 Å². The molecule has 0 spiro atoms. The van der Waals surface area contributed by atoms with E-state index in [4.69, 9.17) is 5.11 Å². The van der Waals surface area contributed by atoms with E-state index in [9.17, 15) is 0 Å². The first-order valence-electron chi connectivity index (χ1n) is 5.12. The second-order valence-corrected chi connectivity index (χ2v) is 3.78. The first-order chi connectivity index (χ1) is 6.72. The quantitative estimate of drug-likeness (QED) is 0.748. The molecule has 14 heavy (non-hydrogen) atoms. The van der Waals surface area contributed by atoms with Crippen LogP contribution in [0, 0.1) is 6.92 Å². The van der Waals surface area contributed by atoms with Crippen molar-refractivity contribution in [2.45, 2.75) is 32.9 Å². The van der Waals surface area contributed by atoms with Gasteiger partial charge in [0.2, 0.25) is 0 Å². The van der Waals surface area contributed by atoms with Crippen LogP contribution in [0.2, 0.25) is 0 Å². The molecule has 78 valence electrons. The number of hydrogen-bond acceptors (Lipinski definition) is 2. The summed E-state index contributed by atoms with van der Waals surface area (Å²) in [5.74, 6) is 0. The Morgan fingerprint density at radius 1 is 1.29 bits per heavy atom. The molecule has 0 aliphatic heterocycles. The molecule has 1 atom stereocenters. The van der Waals surface area contributed by atoms with Crippen LogP contribution >= 0.6 is 0 Å². The number of nitrogens with one attached hydrogen (secondary N) is 1. The summed E-state index contributed by atoms with van der Waals surface area (Å²) in [7, 11) is 0. The molecule has 0 unspecified atom stereocenters. The van der Waals surface area contributed by atoms with E-state index >= 15 is 0 Å². The normalized spacial score (nSPS) is 12.8. The van der Waals surface area contributed by atoms with Gasteiger partial charge in [-0.1, -0.05) is 29.8 Å². The van der Waals surface area contributed by atoms with E-state index in [1.165, 1.54) is 11.1 Å². The van der Waals surface area contributed by atoms with E-state index in [2.05, 4.69) is 43.4 Å². The molecule has 1 aromatic rings. The second-order valence-electron chi connectivity index (χ2n) is 3.78. The van der Waals surface area contributed by atoms with Crippen LogP contribution in [0.5, 0.6) is 0 Å². The van der Waals surface area contributed by atoms with Gasteiger partial charge in [-0.3, -0.25) is 0 Å². The molecule has 0 fully saturated rings. The maximum Gasteiger partial charge on any atom is 0.0445 e. The van der Waals surface area contributed by atoms with Crippen LogP contribution in [-0.2, 0) is 6.54 Å². The fraction of sp³-hybridized carbons (Fsp3) is 0.500. The van der Waals surface area contributed by atoms with E-state index < -0.39 is 0 Å². The summed E-state index contributed by atoms with van der Waals surface area (Å²) >= 11 is 0. The fourth-order valence-electron chi connectivity index (χ4n) is 1.29. The summed E-state index contributed by atoms with van der Waals surface area (Å²) in [6.07, 6.45) is 0.811. The topological polar surface area (TPSA) is 32.3 Å². The fourth-order valence-corrected chi connectivity index (χ4v) is 1.29. The molecule has 0 saturated carbocycles. The lowest BCUT2D eigenvalue weighted by Gasteiger charge is -2.12. The molecular weight excluding hydrogens is 174 g/mol. The lowest BCUT2D eigenvalue weighted by atomic mass is 10.1. The summed E-state index contributed by atoms with van der Waals surface area (Å²) in [6.45, 7) is 5.31. The predicted octanol–water partition coefficient (Wildman–Crippen LogP) is 1.86. The maximum atomic E-state index is 8.73. The van der Waals surface area contributed by atoms with Gasteiger partial charge in [0.1, 0.15) is 0 Å². The highest BCUT2D eigenvalue weighted by atomic mass is 16.3.